The number of aryl methyl sites for hydroxylation is 2. The van der Waals surface area contributed by atoms with Crippen LogP contribution in [0.25, 0.3) is 10.6 Å². The van der Waals surface area contributed by atoms with Crippen molar-refractivity contribution in [2.75, 3.05) is 14.1 Å². The first-order chi connectivity index (χ1) is 8.50. The minimum Gasteiger partial charge on any atom is -0.343 e. The Bertz CT molecular complexity index is 590. The van der Waals surface area contributed by atoms with Crippen molar-refractivity contribution in [2.45, 2.75) is 13.8 Å². The molecule has 0 aliphatic carbocycles. The fourth-order valence-corrected chi connectivity index (χ4v) is 2.63. The van der Waals surface area contributed by atoms with Crippen LogP contribution in [0.4, 0.5) is 0 Å². The monoisotopic (exact) mass is 261 g/mol. The Hall–Kier alpha value is -1.75. The molecular formula is C13H15N3OS. The summed E-state index contributed by atoms with van der Waals surface area (Å²) in [7, 11) is 3.47. The van der Waals surface area contributed by atoms with Gasteiger partial charge in [-0.3, -0.25) is 9.78 Å². The Labute approximate surface area is 110 Å². The maximum Gasteiger partial charge on any atom is 0.273 e. The molecular weight excluding hydrogens is 246 g/mol. The molecule has 2 aromatic rings. The Morgan fingerprint density at radius 1 is 1.33 bits per heavy atom. The first-order valence-corrected chi connectivity index (χ1v) is 6.42. The number of pyridine rings is 1. The molecule has 2 rings (SSSR count). The first kappa shape index (κ1) is 12.7. The minimum absolute atomic E-state index is 0.0540. The van der Waals surface area contributed by atoms with Gasteiger partial charge in [0.25, 0.3) is 5.91 Å². The van der Waals surface area contributed by atoms with Crippen molar-refractivity contribution < 1.29 is 4.79 Å². The summed E-state index contributed by atoms with van der Waals surface area (Å²) in [5.74, 6) is -0.0540. The third kappa shape index (κ3) is 2.26. The lowest BCUT2D eigenvalue weighted by atomic mass is 10.2. The zero-order chi connectivity index (χ0) is 13.3. The van der Waals surface area contributed by atoms with Crippen LogP contribution in [-0.4, -0.2) is 34.9 Å². The second kappa shape index (κ2) is 4.86. The number of carbonyl (C=O) groups excluding carboxylic acids is 1. The summed E-state index contributed by atoms with van der Waals surface area (Å²) in [6.45, 7) is 3.92. The smallest absolute Gasteiger partial charge is 0.273 e. The van der Waals surface area contributed by atoms with Crippen molar-refractivity contribution in [1.29, 1.82) is 0 Å². The predicted octanol–water partition coefficient (Wildman–Crippen LogP) is 2.52. The van der Waals surface area contributed by atoms with E-state index in [0.717, 1.165) is 21.0 Å². The highest BCUT2D eigenvalue weighted by Gasteiger charge is 2.18. The van der Waals surface area contributed by atoms with Crippen LogP contribution in [0, 0.1) is 13.8 Å². The van der Waals surface area contributed by atoms with Crippen molar-refractivity contribution in [3.8, 4) is 10.6 Å². The van der Waals surface area contributed by atoms with E-state index in [4.69, 9.17) is 0 Å². The van der Waals surface area contributed by atoms with E-state index in [1.165, 1.54) is 0 Å². The molecule has 2 heterocycles. The van der Waals surface area contributed by atoms with E-state index >= 15 is 0 Å². The van der Waals surface area contributed by atoms with Gasteiger partial charge < -0.3 is 4.90 Å². The van der Waals surface area contributed by atoms with Crippen LogP contribution in [0.3, 0.4) is 0 Å². The summed E-state index contributed by atoms with van der Waals surface area (Å²) < 4.78 is 0. The molecule has 0 atom stereocenters. The lowest BCUT2D eigenvalue weighted by molar-refractivity contribution is 0.0822. The molecule has 18 heavy (non-hydrogen) atoms. The van der Waals surface area contributed by atoms with E-state index in [2.05, 4.69) is 9.97 Å². The normalized spacial score (nSPS) is 10.4. The van der Waals surface area contributed by atoms with Crippen LogP contribution in [0.1, 0.15) is 20.9 Å². The molecule has 0 aromatic carbocycles. The average Bonchev–Trinajstić information content (AvgIpc) is 2.70. The number of nitrogens with zero attached hydrogens (tertiary/aromatic N) is 3. The highest BCUT2D eigenvalue weighted by molar-refractivity contribution is 7.15. The van der Waals surface area contributed by atoms with E-state index in [-0.39, 0.29) is 5.91 Å². The number of hydrogen-bond acceptors (Lipinski definition) is 4. The van der Waals surface area contributed by atoms with E-state index in [9.17, 15) is 4.79 Å². The van der Waals surface area contributed by atoms with E-state index in [1.54, 1.807) is 42.7 Å². The summed E-state index contributed by atoms with van der Waals surface area (Å²) in [6.07, 6.45) is 3.55. The lowest BCUT2D eigenvalue weighted by Gasteiger charge is -2.07. The number of hydrogen-bond donors (Lipinski definition) is 0. The van der Waals surface area contributed by atoms with Crippen LogP contribution in [0.2, 0.25) is 0 Å². The second-order valence-electron chi connectivity index (χ2n) is 4.31. The molecule has 0 aliphatic heterocycles. The Balaban J connectivity index is 2.47. The van der Waals surface area contributed by atoms with Gasteiger partial charge in [0.1, 0.15) is 10.7 Å². The third-order valence-electron chi connectivity index (χ3n) is 2.66. The van der Waals surface area contributed by atoms with Gasteiger partial charge in [-0.2, -0.15) is 0 Å². The molecule has 94 valence electrons. The van der Waals surface area contributed by atoms with Gasteiger partial charge in [-0.25, -0.2) is 4.98 Å². The van der Waals surface area contributed by atoms with Crippen molar-refractivity contribution in [1.82, 2.24) is 14.9 Å². The molecule has 0 radical (unpaired) electrons. The number of amides is 1. The van der Waals surface area contributed by atoms with Crippen molar-refractivity contribution in [3.63, 3.8) is 0 Å². The number of thiazole rings is 1. The van der Waals surface area contributed by atoms with Crippen LogP contribution < -0.4 is 0 Å². The van der Waals surface area contributed by atoms with Crippen molar-refractivity contribution in [3.05, 3.63) is 34.6 Å². The summed E-state index contributed by atoms with van der Waals surface area (Å²) in [5.41, 5.74) is 2.64. The molecule has 5 heteroatoms. The van der Waals surface area contributed by atoms with Gasteiger partial charge in [0, 0.05) is 36.9 Å². The van der Waals surface area contributed by atoms with Gasteiger partial charge in [-0.1, -0.05) is 0 Å². The highest BCUT2D eigenvalue weighted by atomic mass is 32.1. The Morgan fingerprint density at radius 2 is 2.06 bits per heavy atom. The van der Waals surface area contributed by atoms with Gasteiger partial charge in [0.2, 0.25) is 0 Å². The van der Waals surface area contributed by atoms with Crippen LogP contribution in [-0.2, 0) is 0 Å². The van der Waals surface area contributed by atoms with Crippen molar-refractivity contribution >= 4 is 17.2 Å². The van der Waals surface area contributed by atoms with Gasteiger partial charge in [-0.05, 0) is 25.5 Å². The second-order valence-corrected chi connectivity index (χ2v) is 5.52. The lowest BCUT2D eigenvalue weighted by Crippen LogP contribution is -2.22. The van der Waals surface area contributed by atoms with Gasteiger partial charge in [0.15, 0.2) is 0 Å². The van der Waals surface area contributed by atoms with Gasteiger partial charge >= 0.3 is 0 Å². The SMILES string of the molecule is Cc1cnccc1-c1nc(C(=O)N(C)C)c(C)s1. The molecule has 0 fully saturated rings. The molecule has 0 aliphatic rings. The van der Waals surface area contributed by atoms with Gasteiger partial charge in [-0.15, -0.1) is 11.3 Å². The van der Waals surface area contributed by atoms with Crippen molar-refractivity contribution in [2.24, 2.45) is 0 Å². The number of carbonyl (C=O) groups is 1. The van der Waals surface area contributed by atoms with E-state index < -0.39 is 0 Å². The Kier molecular flexibility index (Phi) is 3.43. The number of aromatic nitrogens is 2. The minimum atomic E-state index is -0.0540. The molecule has 0 bridgehead atoms. The summed E-state index contributed by atoms with van der Waals surface area (Å²) in [5, 5.41) is 0.873. The molecule has 0 saturated carbocycles. The van der Waals surface area contributed by atoms with E-state index in [1.807, 2.05) is 19.9 Å². The number of rotatable bonds is 2. The highest BCUT2D eigenvalue weighted by Crippen LogP contribution is 2.29. The van der Waals surface area contributed by atoms with Crippen LogP contribution in [0.5, 0.6) is 0 Å². The Morgan fingerprint density at radius 3 is 2.67 bits per heavy atom. The summed E-state index contributed by atoms with van der Waals surface area (Å²) >= 11 is 1.54. The average molecular weight is 261 g/mol. The van der Waals surface area contributed by atoms with Crippen LogP contribution in [0.15, 0.2) is 18.5 Å². The fourth-order valence-electron chi connectivity index (χ4n) is 1.64. The topological polar surface area (TPSA) is 46.1 Å². The summed E-state index contributed by atoms with van der Waals surface area (Å²) in [4.78, 5) is 23.0. The maximum absolute atomic E-state index is 12.0. The van der Waals surface area contributed by atoms with Crippen LogP contribution >= 0.6 is 11.3 Å². The first-order valence-electron chi connectivity index (χ1n) is 5.60. The summed E-state index contributed by atoms with van der Waals surface area (Å²) in [6, 6.07) is 1.93. The third-order valence-corrected chi connectivity index (χ3v) is 3.66. The molecule has 0 N–H and O–H groups in total. The largest absolute Gasteiger partial charge is 0.343 e. The quantitative estimate of drug-likeness (QED) is 0.834. The van der Waals surface area contributed by atoms with Gasteiger partial charge in [0.05, 0.1) is 0 Å². The molecule has 2 aromatic heterocycles. The maximum atomic E-state index is 12.0. The molecule has 0 unspecified atom stereocenters. The zero-order valence-corrected chi connectivity index (χ0v) is 11.7. The van der Waals surface area contributed by atoms with E-state index in [0.29, 0.717) is 5.69 Å². The predicted molar refractivity (Wildman–Crippen MR) is 72.8 cm³/mol. The standard InChI is InChI=1S/C13H15N3OS/c1-8-7-14-6-5-10(8)12-15-11(9(2)18-12)13(17)16(3)4/h5-7H,1-4H3. The fraction of sp³-hybridized carbons (Fsp3) is 0.308. The zero-order valence-electron chi connectivity index (χ0n) is 10.9. The molecule has 0 saturated heterocycles. The molecule has 0 spiro atoms. The molecule has 4 nitrogen and oxygen atoms in total. The molecule has 1 amide bonds.